The van der Waals surface area contributed by atoms with Crippen LogP contribution in [0, 0.1) is 0 Å². The van der Waals surface area contributed by atoms with E-state index in [9.17, 15) is 5.11 Å². The molecule has 0 aliphatic carbocycles. The van der Waals surface area contributed by atoms with Crippen molar-refractivity contribution in [2.24, 2.45) is 0 Å². The highest BCUT2D eigenvalue weighted by molar-refractivity contribution is 7.11. The van der Waals surface area contributed by atoms with Gasteiger partial charge in [0.25, 0.3) is 0 Å². The zero-order valence-electron chi connectivity index (χ0n) is 12.6. The summed E-state index contributed by atoms with van der Waals surface area (Å²) < 4.78 is 5.55. The molecule has 0 fully saturated rings. The van der Waals surface area contributed by atoms with Gasteiger partial charge >= 0.3 is 0 Å². The molecule has 0 saturated carbocycles. The van der Waals surface area contributed by atoms with Gasteiger partial charge in [-0.1, -0.05) is 6.92 Å². The SMILES string of the molecule is CCc1cnc(C(C)NCC(O)COC(C)(C)C)s1. The monoisotopic (exact) mass is 286 g/mol. The fourth-order valence-corrected chi connectivity index (χ4v) is 2.38. The van der Waals surface area contributed by atoms with Crippen LogP contribution in [0.3, 0.4) is 0 Å². The maximum absolute atomic E-state index is 9.86. The van der Waals surface area contributed by atoms with E-state index in [1.165, 1.54) is 4.88 Å². The highest BCUT2D eigenvalue weighted by Crippen LogP contribution is 2.20. The molecule has 19 heavy (non-hydrogen) atoms. The highest BCUT2D eigenvalue weighted by atomic mass is 32.1. The summed E-state index contributed by atoms with van der Waals surface area (Å²) in [6, 6.07) is 0.162. The molecule has 0 saturated heterocycles. The van der Waals surface area contributed by atoms with Crippen LogP contribution in [-0.4, -0.2) is 34.9 Å². The van der Waals surface area contributed by atoms with Crippen LogP contribution in [0.4, 0.5) is 0 Å². The van der Waals surface area contributed by atoms with Gasteiger partial charge in [0.05, 0.1) is 24.4 Å². The van der Waals surface area contributed by atoms with Crippen molar-refractivity contribution in [1.29, 1.82) is 0 Å². The molecule has 0 aliphatic rings. The van der Waals surface area contributed by atoms with Gasteiger partial charge in [-0.2, -0.15) is 0 Å². The molecule has 1 rings (SSSR count). The average Bonchev–Trinajstić information content (AvgIpc) is 2.81. The summed E-state index contributed by atoms with van der Waals surface area (Å²) in [5, 5.41) is 14.2. The molecular weight excluding hydrogens is 260 g/mol. The summed E-state index contributed by atoms with van der Waals surface area (Å²) in [4.78, 5) is 5.69. The summed E-state index contributed by atoms with van der Waals surface area (Å²) in [6.07, 6.45) is 2.45. The Labute approximate surface area is 120 Å². The van der Waals surface area contributed by atoms with Crippen LogP contribution in [0.2, 0.25) is 0 Å². The first-order valence-corrected chi connectivity index (χ1v) is 7.63. The molecule has 5 heteroatoms. The number of nitrogens with one attached hydrogen (secondary N) is 1. The maximum atomic E-state index is 9.86. The lowest BCUT2D eigenvalue weighted by atomic mass is 10.2. The van der Waals surface area contributed by atoms with Gasteiger partial charge in [0, 0.05) is 17.6 Å². The van der Waals surface area contributed by atoms with E-state index in [2.05, 4.69) is 24.1 Å². The van der Waals surface area contributed by atoms with Crippen molar-refractivity contribution >= 4 is 11.3 Å². The zero-order chi connectivity index (χ0) is 14.5. The van der Waals surface area contributed by atoms with Crippen molar-refractivity contribution < 1.29 is 9.84 Å². The van der Waals surface area contributed by atoms with Crippen LogP contribution < -0.4 is 5.32 Å². The lowest BCUT2D eigenvalue weighted by molar-refractivity contribution is -0.0482. The number of aromatic nitrogens is 1. The molecule has 2 atom stereocenters. The minimum absolute atomic E-state index is 0.162. The first-order chi connectivity index (χ1) is 8.81. The third-order valence-electron chi connectivity index (χ3n) is 2.66. The lowest BCUT2D eigenvalue weighted by Crippen LogP contribution is -2.34. The summed E-state index contributed by atoms with van der Waals surface area (Å²) in [5.74, 6) is 0. The molecule has 1 heterocycles. The topological polar surface area (TPSA) is 54.4 Å². The van der Waals surface area contributed by atoms with Crippen LogP contribution in [-0.2, 0) is 11.2 Å². The minimum Gasteiger partial charge on any atom is -0.389 e. The van der Waals surface area contributed by atoms with E-state index in [1.807, 2.05) is 27.0 Å². The largest absolute Gasteiger partial charge is 0.389 e. The van der Waals surface area contributed by atoms with Gasteiger partial charge in [0.2, 0.25) is 0 Å². The third-order valence-corrected chi connectivity index (χ3v) is 3.98. The zero-order valence-corrected chi connectivity index (χ0v) is 13.4. The van der Waals surface area contributed by atoms with Crippen LogP contribution >= 0.6 is 11.3 Å². The average molecular weight is 286 g/mol. The number of aliphatic hydroxyl groups excluding tert-OH is 1. The molecule has 1 aromatic heterocycles. The molecule has 110 valence electrons. The van der Waals surface area contributed by atoms with Gasteiger partial charge in [-0.15, -0.1) is 11.3 Å². The molecule has 0 aromatic carbocycles. The molecule has 0 bridgehead atoms. The molecule has 1 aromatic rings. The van der Waals surface area contributed by atoms with Crippen LogP contribution in [0.1, 0.15) is 50.5 Å². The predicted octanol–water partition coefficient (Wildman–Crippen LogP) is 2.53. The fourth-order valence-electron chi connectivity index (χ4n) is 1.49. The van der Waals surface area contributed by atoms with E-state index in [-0.39, 0.29) is 11.6 Å². The number of ether oxygens (including phenoxy) is 1. The van der Waals surface area contributed by atoms with E-state index in [1.54, 1.807) is 11.3 Å². The number of rotatable bonds is 7. The van der Waals surface area contributed by atoms with Crippen molar-refractivity contribution in [1.82, 2.24) is 10.3 Å². The number of hydrogen-bond acceptors (Lipinski definition) is 5. The minimum atomic E-state index is -0.493. The van der Waals surface area contributed by atoms with E-state index in [4.69, 9.17) is 4.74 Å². The fraction of sp³-hybridized carbons (Fsp3) is 0.786. The number of nitrogens with zero attached hydrogens (tertiary/aromatic N) is 1. The molecule has 2 N–H and O–H groups in total. The van der Waals surface area contributed by atoms with Crippen molar-refractivity contribution in [3.8, 4) is 0 Å². The van der Waals surface area contributed by atoms with Gasteiger partial charge in [-0.3, -0.25) is 0 Å². The van der Waals surface area contributed by atoms with E-state index in [0.29, 0.717) is 13.2 Å². The standard InChI is InChI=1S/C14H26N2O2S/c1-6-12-8-16-13(19-12)10(2)15-7-11(17)9-18-14(3,4)5/h8,10-11,15,17H,6-7,9H2,1-5H3. The van der Waals surface area contributed by atoms with Gasteiger partial charge in [-0.25, -0.2) is 4.98 Å². The molecular formula is C14H26N2O2S. The van der Waals surface area contributed by atoms with Gasteiger partial charge < -0.3 is 15.2 Å². The Morgan fingerprint density at radius 2 is 2.16 bits per heavy atom. The second kappa shape index (κ2) is 7.33. The molecule has 4 nitrogen and oxygen atoms in total. The third kappa shape index (κ3) is 6.47. The second-order valence-electron chi connectivity index (χ2n) is 5.73. The van der Waals surface area contributed by atoms with Crippen molar-refractivity contribution in [2.45, 2.75) is 58.8 Å². The predicted molar refractivity (Wildman–Crippen MR) is 79.6 cm³/mol. The second-order valence-corrected chi connectivity index (χ2v) is 6.87. The van der Waals surface area contributed by atoms with E-state index >= 15 is 0 Å². The quantitative estimate of drug-likeness (QED) is 0.809. The van der Waals surface area contributed by atoms with E-state index in [0.717, 1.165) is 11.4 Å². The summed E-state index contributed by atoms with van der Waals surface area (Å²) in [6.45, 7) is 11.0. The van der Waals surface area contributed by atoms with Crippen LogP contribution in [0.5, 0.6) is 0 Å². The van der Waals surface area contributed by atoms with Crippen molar-refractivity contribution in [2.75, 3.05) is 13.2 Å². The number of aryl methyl sites for hydroxylation is 1. The lowest BCUT2D eigenvalue weighted by Gasteiger charge is -2.22. The summed E-state index contributed by atoms with van der Waals surface area (Å²) in [5.41, 5.74) is -0.210. The molecule has 2 unspecified atom stereocenters. The van der Waals surface area contributed by atoms with Crippen LogP contribution in [0.25, 0.3) is 0 Å². The Morgan fingerprint density at radius 1 is 1.47 bits per heavy atom. The number of hydrogen-bond donors (Lipinski definition) is 2. The highest BCUT2D eigenvalue weighted by Gasteiger charge is 2.15. The van der Waals surface area contributed by atoms with Crippen molar-refractivity contribution in [3.63, 3.8) is 0 Å². The van der Waals surface area contributed by atoms with Gasteiger partial charge in [0.1, 0.15) is 5.01 Å². The summed E-state index contributed by atoms with van der Waals surface area (Å²) in [7, 11) is 0. The van der Waals surface area contributed by atoms with Crippen molar-refractivity contribution in [3.05, 3.63) is 16.1 Å². The normalized spacial score (nSPS) is 15.5. The number of thiazole rings is 1. The Bertz CT molecular complexity index is 374. The Hall–Kier alpha value is -0.490. The number of aliphatic hydroxyl groups is 1. The van der Waals surface area contributed by atoms with Gasteiger partial charge in [-0.05, 0) is 34.1 Å². The first kappa shape index (κ1) is 16.6. The smallest absolute Gasteiger partial charge is 0.109 e. The molecule has 0 spiro atoms. The van der Waals surface area contributed by atoms with E-state index < -0.39 is 6.10 Å². The molecule has 0 amide bonds. The maximum Gasteiger partial charge on any atom is 0.109 e. The Morgan fingerprint density at radius 3 is 2.68 bits per heavy atom. The molecule has 0 radical (unpaired) electrons. The van der Waals surface area contributed by atoms with Gasteiger partial charge in [0.15, 0.2) is 0 Å². The molecule has 0 aliphatic heterocycles. The summed E-state index contributed by atoms with van der Waals surface area (Å²) >= 11 is 1.72. The Kier molecular flexibility index (Phi) is 6.39. The Balaban J connectivity index is 2.31. The van der Waals surface area contributed by atoms with Crippen LogP contribution in [0.15, 0.2) is 6.20 Å². The first-order valence-electron chi connectivity index (χ1n) is 6.82.